The first-order valence-electron chi connectivity index (χ1n) is 11.9. The maximum absolute atomic E-state index is 12.9. The van der Waals surface area contributed by atoms with Crippen molar-refractivity contribution in [2.24, 2.45) is 0 Å². The monoisotopic (exact) mass is 470 g/mol. The van der Waals surface area contributed by atoms with Crippen molar-refractivity contribution in [3.05, 3.63) is 42.5 Å². The van der Waals surface area contributed by atoms with Gasteiger partial charge in [0.05, 0.1) is 7.11 Å². The molecule has 1 aliphatic heterocycles. The molecule has 1 fully saturated rings. The number of piperazine rings is 1. The summed E-state index contributed by atoms with van der Waals surface area (Å²) in [6, 6.07) is 13.4. The second-order valence-electron chi connectivity index (χ2n) is 9.06. The summed E-state index contributed by atoms with van der Waals surface area (Å²) < 4.78 is 11.5. The first-order chi connectivity index (χ1) is 16.3. The highest BCUT2D eigenvalue weighted by molar-refractivity contribution is 5.90. The number of phenolic OH excluding ortho intramolecular Hbond substituents is 1. The number of hydrogen-bond acceptors (Lipinski definition) is 6. The van der Waals surface area contributed by atoms with Gasteiger partial charge in [0.15, 0.2) is 11.5 Å². The summed E-state index contributed by atoms with van der Waals surface area (Å²) in [4.78, 5) is 19.2. The van der Waals surface area contributed by atoms with Crippen LogP contribution in [0.1, 0.15) is 27.7 Å². The molecule has 8 heteroatoms. The highest BCUT2D eigenvalue weighted by atomic mass is 16.5. The summed E-state index contributed by atoms with van der Waals surface area (Å²) in [5.74, 6) is 1.50. The van der Waals surface area contributed by atoms with Gasteiger partial charge >= 0.3 is 6.03 Å². The van der Waals surface area contributed by atoms with E-state index in [1.165, 1.54) is 0 Å². The Morgan fingerprint density at radius 3 is 2.35 bits per heavy atom. The van der Waals surface area contributed by atoms with E-state index in [4.69, 9.17) is 9.47 Å². The van der Waals surface area contributed by atoms with Crippen LogP contribution in [0.25, 0.3) is 0 Å². The summed E-state index contributed by atoms with van der Waals surface area (Å²) in [7, 11) is 1.61. The molecule has 2 aromatic rings. The van der Waals surface area contributed by atoms with Crippen LogP contribution in [-0.2, 0) is 0 Å². The van der Waals surface area contributed by atoms with Gasteiger partial charge in [-0.3, -0.25) is 4.90 Å². The van der Waals surface area contributed by atoms with E-state index in [0.29, 0.717) is 62.1 Å². The number of methoxy groups -OCH3 is 1. The van der Waals surface area contributed by atoms with E-state index < -0.39 is 0 Å². The number of carbonyl (C=O) groups excluding carboxylic acids is 1. The maximum Gasteiger partial charge on any atom is 0.321 e. The highest BCUT2D eigenvalue weighted by Gasteiger charge is 2.22. The van der Waals surface area contributed by atoms with Crippen molar-refractivity contribution in [1.29, 1.82) is 0 Å². The summed E-state index contributed by atoms with van der Waals surface area (Å²) >= 11 is 0. The van der Waals surface area contributed by atoms with Crippen LogP contribution >= 0.6 is 0 Å². The van der Waals surface area contributed by atoms with Gasteiger partial charge in [-0.25, -0.2) is 4.79 Å². The van der Waals surface area contributed by atoms with Crippen molar-refractivity contribution < 1.29 is 19.4 Å². The molecular formula is C26H38N4O4. The summed E-state index contributed by atoms with van der Waals surface area (Å²) in [6.07, 6.45) is 0. The minimum Gasteiger partial charge on any atom is -0.508 e. The molecule has 1 aliphatic rings. The maximum atomic E-state index is 12.9. The number of urea groups is 1. The number of phenols is 1. The van der Waals surface area contributed by atoms with E-state index in [0.717, 1.165) is 12.2 Å². The van der Waals surface area contributed by atoms with E-state index in [2.05, 4.69) is 42.8 Å². The number of amides is 2. The topological polar surface area (TPSA) is 77.5 Å². The lowest BCUT2D eigenvalue weighted by atomic mass is 10.2. The largest absolute Gasteiger partial charge is 0.508 e. The fourth-order valence-electron chi connectivity index (χ4n) is 4.30. The van der Waals surface area contributed by atoms with Crippen LogP contribution < -0.4 is 19.7 Å². The number of rotatable bonds is 9. The Morgan fingerprint density at radius 2 is 1.74 bits per heavy atom. The molecule has 186 valence electrons. The average Bonchev–Trinajstić information content (AvgIpc) is 2.81. The third-order valence-electron chi connectivity index (χ3n) is 6.11. The zero-order chi connectivity index (χ0) is 24.7. The van der Waals surface area contributed by atoms with E-state index in [-0.39, 0.29) is 11.8 Å². The number of benzene rings is 2. The van der Waals surface area contributed by atoms with Gasteiger partial charge in [0.25, 0.3) is 0 Å². The van der Waals surface area contributed by atoms with Gasteiger partial charge in [-0.15, -0.1) is 0 Å². The van der Waals surface area contributed by atoms with Gasteiger partial charge in [0, 0.05) is 68.3 Å². The molecule has 34 heavy (non-hydrogen) atoms. The molecule has 3 rings (SSSR count). The number of anilines is 2. The number of hydrogen-bond donors (Lipinski definition) is 2. The lowest BCUT2D eigenvalue weighted by Crippen LogP contribution is -2.50. The molecule has 0 aliphatic carbocycles. The van der Waals surface area contributed by atoms with Crippen LogP contribution in [-0.4, -0.2) is 79.5 Å². The number of carbonyl (C=O) groups is 1. The average molecular weight is 471 g/mol. The Balaban J connectivity index is 1.56. The fourth-order valence-corrected chi connectivity index (χ4v) is 4.30. The smallest absolute Gasteiger partial charge is 0.321 e. The fraction of sp³-hybridized carbons (Fsp3) is 0.500. The molecule has 1 saturated heterocycles. The molecule has 8 nitrogen and oxygen atoms in total. The van der Waals surface area contributed by atoms with E-state index in [9.17, 15) is 9.90 Å². The predicted molar refractivity (Wildman–Crippen MR) is 136 cm³/mol. The van der Waals surface area contributed by atoms with Gasteiger partial charge in [-0.2, -0.15) is 0 Å². The molecule has 1 heterocycles. The standard InChI is InChI=1S/C26H38N4O4/c1-19(2)30(20(3)4)15-16-34-25-17-21(9-10-24(25)33-5)27-26(32)29-13-11-28(12-14-29)22-7-6-8-23(31)18-22/h6-10,17-20,31H,11-16H2,1-5H3,(H,27,32). The predicted octanol–water partition coefficient (Wildman–Crippen LogP) is 4.25. The molecule has 0 unspecified atom stereocenters. The highest BCUT2D eigenvalue weighted by Crippen LogP contribution is 2.30. The summed E-state index contributed by atoms with van der Waals surface area (Å²) in [5, 5.41) is 12.7. The van der Waals surface area contributed by atoms with Crippen molar-refractivity contribution in [2.45, 2.75) is 39.8 Å². The second kappa shape index (κ2) is 11.8. The minimum atomic E-state index is -0.141. The van der Waals surface area contributed by atoms with Crippen LogP contribution in [0, 0.1) is 0 Å². The quantitative estimate of drug-likeness (QED) is 0.571. The van der Waals surface area contributed by atoms with Crippen molar-refractivity contribution >= 4 is 17.4 Å². The minimum absolute atomic E-state index is 0.141. The molecule has 2 amide bonds. The van der Waals surface area contributed by atoms with Crippen LogP contribution in [0.3, 0.4) is 0 Å². The van der Waals surface area contributed by atoms with Crippen molar-refractivity contribution in [3.63, 3.8) is 0 Å². The lowest BCUT2D eigenvalue weighted by Gasteiger charge is -2.36. The Morgan fingerprint density at radius 1 is 1.03 bits per heavy atom. The van der Waals surface area contributed by atoms with Gasteiger partial charge in [-0.05, 0) is 52.0 Å². The van der Waals surface area contributed by atoms with Crippen LogP contribution in [0.15, 0.2) is 42.5 Å². The number of nitrogens with one attached hydrogen (secondary N) is 1. The molecule has 0 spiro atoms. The Hall–Kier alpha value is -3.13. The third kappa shape index (κ3) is 6.70. The Kier molecular flexibility index (Phi) is 8.87. The lowest BCUT2D eigenvalue weighted by molar-refractivity contribution is 0.140. The third-order valence-corrected chi connectivity index (χ3v) is 6.11. The van der Waals surface area contributed by atoms with Crippen molar-refractivity contribution in [2.75, 3.05) is 56.7 Å². The van der Waals surface area contributed by atoms with Crippen molar-refractivity contribution in [3.8, 4) is 17.2 Å². The Labute approximate surface area is 203 Å². The first-order valence-corrected chi connectivity index (χ1v) is 11.9. The van der Waals surface area contributed by atoms with E-state index >= 15 is 0 Å². The van der Waals surface area contributed by atoms with Crippen LogP contribution in [0.5, 0.6) is 17.2 Å². The molecule has 2 N–H and O–H groups in total. The van der Waals surface area contributed by atoms with E-state index in [1.54, 1.807) is 24.1 Å². The van der Waals surface area contributed by atoms with Crippen LogP contribution in [0.4, 0.5) is 16.2 Å². The van der Waals surface area contributed by atoms with Gasteiger partial charge in [0.1, 0.15) is 12.4 Å². The molecule has 0 bridgehead atoms. The molecule has 0 atom stereocenters. The zero-order valence-electron chi connectivity index (χ0n) is 21.0. The van der Waals surface area contributed by atoms with Gasteiger partial charge < -0.3 is 29.7 Å². The molecule has 2 aromatic carbocycles. The van der Waals surface area contributed by atoms with Crippen LogP contribution in [0.2, 0.25) is 0 Å². The molecular weight excluding hydrogens is 432 g/mol. The van der Waals surface area contributed by atoms with E-state index in [1.807, 2.05) is 30.3 Å². The SMILES string of the molecule is COc1ccc(NC(=O)N2CCN(c3cccc(O)c3)CC2)cc1OCCN(C(C)C)C(C)C. The number of nitrogens with zero attached hydrogens (tertiary/aromatic N) is 3. The Bertz CT molecular complexity index is 934. The molecule has 0 saturated carbocycles. The summed E-state index contributed by atoms with van der Waals surface area (Å²) in [5.41, 5.74) is 1.63. The first kappa shape index (κ1) is 25.5. The number of ether oxygens (including phenoxy) is 2. The van der Waals surface area contributed by atoms with Gasteiger partial charge in [-0.1, -0.05) is 6.07 Å². The molecule has 0 aromatic heterocycles. The zero-order valence-corrected chi connectivity index (χ0v) is 21.0. The second-order valence-corrected chi connectivity index (χ2v) is 9.06. The van der Waals surface area contributed by atoms with Gasteiger partial charge in [0.2, 0.25) is 0 Å². The normalized spacial score (nSPS) is 14.1. The summed E-state index contributed by atoms with van der Waals surface area (Å²) in [6.45, 7) is 12.7. The molecule has 0 radical (unpaired) electrons. The van der Waals surface area contributed by atoms with Crippen molar-refractivity contribution in [1.82, 2.24) is 9.80 Å². The number of aromatic hydroxyl groups is 1.